The minimum Gasteiger partial charge on any atom is -0.449 e. The maximum Gasteiger partial charge on any atom is 0.375 e. The van der Waals surface area contributed by atoms with E-state index < -0.39 is 17.6 Å². The molecule has 0 aliphatic rings. The first kappa shape index (κ1) is 18.1. The summed E-state index contributed by atoms with van der Waals surface area (Å²) in [6.45, 7) is 7.06. The van der Waals surface area contributed by atoms with Crippen LogP contribution >= 0.6 is 11.6 Å². The number of amides is 1. The Morgan fingerprint density at radius 3 is 2.46 bits per heavy atom. The van der Waals surface area contributed by atoms with E-state index >= 15 is 0 Å². The molecular formula is C18H20ClNO4. The molecule has 1 aromatic carbocycles. The normalized spacial score (nSPS) is 12.5. The van der Waals surface area contributed by atoms with Crippen molar-refractivity contribution in [3.8, 4) is 11.3 Å². The van der Waals surface area contributed by atoms with Gasteiger partial charge >= 0.3 is 5.97 Å². The molecule has 0 unspecified atom stereocenters. The summed E-state index contributed by atoms with van der Waals surface area (Å²) in [5.74, 6) is -0.599. The summed E-state index contributed by atoms with van der Waals surface area (Å²) in [5, 5.41) is 3.27. The van der Waals surface area contributed by atoms with Gasteiger partial charge in [-0.05, 0) is 52.0 Å². The van der Waals surface area contributed by atoms with E-state index in [1.165, 1.54) is 13.0 Å². The van der Waals surface area contributed by atoms with Crippen LogP contribution in [0.5, 0.6) is 0 Å². The molecule has 0 spiro atoms. The van der Waals surface area contributed by atoms with Gasteiger partial charge in [0.15, 0.2) is 6.10 Å². The molecule has 0 radical (unpaired) electrons. The van der Waals surface area contributed by atoms with E-state index in [9.17, 15) is 9.59 Å². The van der Waals surface area contributed by atoms with E-state index in [4.69, 9.17) is 20.8 Å². The predicted molar refractivity (Wildman–Crippen MR) is 91.9 cm³/mol. The number of esters is 1. The molecule has 0 aliphatic carbocycles. The Kier molecular flexibility index (Phi) is 5.34. The smallest absolute Gasteiger partial charge is 0.375 e. The summed E-state index contributed by atoms with van der Waals surface area (Å²) in [5.41, 5.74) is 0.274. The summed E-state index contributed by atoms with van der Waals surface area (Å²) in [6, 6.07) is 10.3. The topological polar surface area (TPSA) is 68.5 Å². The van der Waals surface area contributed by atoms with Gasteiger partial charge in [-0.2, -0.15) is 0 Å². The maximum absolute atomic E-state index is 12.1. The molecule has 1 amide bonds. The lowest BCUT2D eigenvalue weighted by Crippen LogP contribution is -2.46. The zero-order valence-corrected chi connectivity index (χ0v) is 14.8. The van der Waals surface area contributed by atoms with Crippen molar-refractivity contribution in [1.82, 2.24) is 5.32 Å². The molecule has 0 saturated carbocycles. The van der Waals surface area contributed by atoms with Gasteiger partial charge in [-0.25, -0.2) is 4.79 Å². The molecule has 0 bridgehead atoms. The minimum absolute atomic E-state index is 0.0142. The van der Waals surface area contributed by atoms with Crippen LogP contribution in [0, 0.1) is 0 Å². The Balaban J connectivity index is 2.06. The molecule has 128 valence electrons. The molecule has 1 atom stereocenters. The number of rotatable bonds is 4. The fourth-order valence-corrected chi connectivity index (χ4v) is 2.23. The molecule has 2 rings (SSSR count). The number of furan rings is 1. The third kappa shape index (κ3) is 4.61. The van der Waals surface area contributed by atoms with Crippen molar-refractivity contribution in [2.75, 3.05) is 0 Å². The lowest BCUT2D eigenvalue weighted by atomic mass is 10.1. The Morgan fingerprint density at radius 2 is 1.83 bits per heavy atom. The van der Waals surface area contributed by atoms with Crippen molar-refractivity contribution in [3.63, 3.8) is 0 Å². The summed E-state index contributed by atoms with van der Waals surface area (Å²) in [6.07, 6.45) is -0.925. The van der Waals surface area contributed by atoms with Crippen LogP contribution in [0.3, 0.4) is 0 Å². The van der Waals surface area contributed by atoms with Gasteiger partial charge in [0.25, 0.3) is 5.91 Å². The monoisotopic (exact) mass is 349 g/mol. The molecule has 1 N–H and O–H groups in total. The standard InChI is InChI=1S/C18H20ClNO4/c1-11(16(21)20-18(2,3)4)23-17(22)15-10-9-14(24-15)12-7-5-6-8-13(12)19/h5-11H,1-4H3,(H,20,21)/t11-/m1/s1. The van der Waals surface area contributed by atoms with Gasteiger partial charge in [-0.3, -0.25) is 4.79 Å². The Labute approximate surface area is 145 Å². The highest BCUT2D eigenvalue weighted by Gasteiger charge is 2.24. The molecular weight excluding hydrogens is 330 g/mol. The van der Waals surface area contributed by atoms with Gasteiger partial charge in [-0.15, -0.1) is 0 Å². The van der Waals surface area contributed by atoms with Gasteiger partial charge < -0.3 is 14.5 Å². The number of carbonyl (C=O) groups excluding carboxylic acids is 2. The number of ether oxygens (including phenoxy) is 1. The molecule has 6 heteroatoms. The van der Waals surface area contributed by atoms with Crippen molar-refractivity contribution >= 4 is 23.5 Å². The Hall–Kier alpha value is -2.27. The number of carbonyl (C=O) groups is 2. The maximum atomic E-state index is 12.1. The van der Waals surface area contributed by atoms with Crippen LogP contribution in [0.4, 0.5) is 0 Å². The number of hydrogen-bond donors (Lipinski definition) is 1. The highest BCUT2D eigenvalue weighted by Crippen LogP contribution is 2.29. The summed E-state index contributed by atoms with van der Waals surface area (Å²) in [7, 11) is 0. The van der Waals surface area contributed by atoms with E-state index in [-0.39, 0.29) is 11.7 Å². The lowest BCUT2D eigenvalue weighted by Gasteiger charge is -2.22. The third-order valence-corrected chi connectivity index (χ3v) is 3.43. The molecule has 1 aromatic heterocycles. The van der Waals surface area contributed by atoms with Gasteiger partial charge in [0.2, 0.25) is 5.76 Å². The highest BCUT2D eigenvalue weighted by molar-refractivity contribution is 6.33. The first-order chi connectivity index (χ1) is 11.2. The SMILES string of the molecule is C[C@@H](OC(=O)c1ccc(-c2ccccc2Cl)o1)C(=O)NC(C)(C)C. The van der Waals surface area contributed by atoms with Gasteiger partial charge in [-0.1, -0.05) is 23.7 Å². The van der Waals surface area contributed by atoms with Crippen LogP contribution in [-0.2, 0) is 9.53 Å². The van der Waals surface area contributed by atoms with Crippen molar-refractivity contribution in [1.29, 1.82) is 0 Å². The van der Waals surface area contributed by atoms with Crippen molar-refractivity contribution in [2.45, 2.75) is 39.3 Å². The Bertz CT molecular complexity index is 745. The second kappa shape index (κ2) is 7.09. The predicted octanol–water partition coefficient (Wildman–Crippen LogP) is 4.06. The van der Waals surface area contributed by atoms with Crippen molar-refractivity contribution < 1.29 is 18.7 Å². The highest BCUT2D eigenvalue weighted by atomic mass is 35.5. The number of benzene rings is 1. The van der Waals surface area contributed by atoms with E-state index in [0.717, 1.165) is 0 Å². The average Bonchev–Trinajstić information content (AvgIpc) is 2.95. The van der Waals surface area contributed by atoms with Crippen LogP contribution in [0.15, 0.2) is 40.8 Å². The van der Waals surface area contributed by atoms with Crippen LogP contribution in [0.2, 0.25) is 5.02 Å². The number of hydrogen-bond acceptors (Lipinski definition) is 4. The first-order valence-electron chi connectivity index (χ1n) is 7.55. The molecule has 0 aliphatic heterocycles. The number of nitrogens with one attached hydrogen (secondary N) is 1. The summed E-state index contributed by atoms with van der Waals surface area (Å²) in [4.78, 5) is 24.1. The van der Waals surface area contributed by atoms with Gasteiger partial charge in [0.1, 0.15) is 5.76 Å². The summed E-state index contributed by atoms with van der Waals surface area (Å²) < 4.78 is 10.6. The zero-order valence-electron chi connectivity index (χ0n) is 14.1. The van der Waals surface area contributed by atoms with E-state index in [1.54, 1.807) is 24.3 Å². The van der Waals surface area contributed by atoms with Gasteiger partial charge in [0, 0.05) is 11.1 Å². The first-order valence-corrected chi connectivity index (χ1v) is 7.93. The van der Waals surface area contributed by atoms with Gasteiger partial charge in [0.05, 0.1) is 5.02 Å². The second-order valence-electron chi connectivity index (χ2n) is 6.43. The van der Waals surface area contributed by atoms with Crippen LogP contribution in [0.25, 0.3) is 11.3 Å². The van der Waals surface area contributed by atoms with Crippen LogP contribution in [-0.4, -0.2) is 23.5 Å². The third-order valence-electron chi connectivity index (χ3n) is 3.10. The zero-order chi connectivity index (χ0) is 17.9. The van der Waals surface area contributed by atoms with Crippen LogP contribution in [0.1, 0.15) is 38.2 Å². The molecule has 24 heavy (non-hydrogen) atoms. The lowest BCUT2D eigenvalue weighted by molar-refractivity contribution is -0.130. The minimum atomic E-state index is -0.925. The molecule has 1 heterocycles. The van der Waals surface area contributed by atoms with E-state index in [0.29, 0.717) is 16.3 Å². The molecule has 5 nitrogen and oxygen atoms in total. The quantitative estimate of drug-likeness (QED) is 0.845. The van der Waals surface area contributed by atoms with Crippen molar-refractivity contribution in [2.24, 2.45) is 0 Å². The second-order valence-corrected chi connectivity index (χ2v) is 6.84. The van der Waals surface area contributed by atoms with E-state index in [2.05, 4.69) is 5.32 Å². The molecule has 0 fully saturated rings. The fourth-order valence-electron chi connectivity index (χ4n) is 2.00. The summed E-state index contributed by atoms with van der Waals surface area (Å²) >= 11 is 6.11. The largest absolute Gasteiger partial charge is 0.449 e. The van der Waals surface area contributed by atoms with E-state index in [1.807, 2.05) is 26.8 Å². The molecule has 2 aromatic rings. The van der Waals surface area contributed by atoms with Crippen molar-refractivity contribution in [3.05, 3.63) is 47.2 Å². The average molecular weight is 350 g/mol. The number of halogens is 1. The molecule has 0 saturated heterocycles. The fraction of sp³-hybridized carbons (Fsp3) is 0.333. The van der Waals surface area contributed by atoms with Crippen LogP contribution < -0.4 is 5.32 Å². The Morgan fingerprint density at radius 1 is 1.17 bits per heavy atom.